The van der Waals surface area contributed by atoms with Gasteiger partial charge in [-0.15, -0.1) is 0 Å². The van der Waals surface area contributed by atoms with Gasteiger partial charge in [0.05, 0.1) is 14.8 Å². The Balaban J connectivity index is 2.35. The van der Waals surface area contributed by atoms with Crippen molar-refractivity contribution in [2.75, 3.05) is 13.1 Å². The maximum Gasteiger partial charge on any atom is 0.275 e. The van der Waals surface area contributed by atoms with Crippen LogP contribution in [0, 0.1) is 23.0 Å². The molecule has 0 amide bonds. The monoisotopic (exact) mass is 347 g/mol. The molecule has 2 rings (SSSR count). The van der Waals surface area contributed by atoms with E-state index < -0.39 is 14.9 Å². The fraction of sp³-hybridized carbons (Fsp3) is 0.538. The summed E-state index contributed by atoms with van der Waals surface area (Å²) in [6, 6.07) is 2.04. The molecule has 22 heavy (non-hydrogen) atoms. The van der Waals surface area contributed by atoms with E-state index in [1.807, 2.05) is 6.92 Å². The number of piperidine rings is 1. The van der Waals surface area contributed by atoms with Crippen molar-refractivity contribution in [2.24, 2.45) is 5.92 Å². The van der Waals surface area contributed by atoms with Gasteiger partial charge in [0.15, 0.2) is 0 Å². The Morgan fingerprint density at radius 2 is 2.14 bits per heavy atom. The van der Waals surface area contributed by atoms with Crippen molar-refractivity contribution in [3.63, 3.8) is 0 Å². The van der Waals surface area contributed by atoms with Crippen LogP contribution >= 0.6 is 11.6 Å². The van der Waals surface area contributed by atoms with Gasteiger partial charge in [0, 0.05) is 24.2 Å². The Morgan fingerprint density at radius 1 is 1.45 bits per heavy atom. The summed E-state index contributed by atoms with van der Waals surface area (Å²) >= 11 is 5.93. The molecule has 2 N–H and O–H groups in total. The molecule has 1 aromatic rings. The fourth-order valence-electron chi connectivity index (χ4n) is 2.40. The van der Waals surface area contributed by atoms with Gasteiger partial charge < -0.3 is 5.32 Å². The van der Waals surface area contributed by atoms with Crippen LogP contribution in [0.1, 0.15) is 18.9 Å². The zero-order valence-electron chi connectivity index (χ0n) is 12.3. The van der Waals surface area contributed by atoms with Gasteiger partial charge in [0.2, 0.25) is 10.0 Å². The number of benzene rings is 1. The van der Waals surface area contributed by atoms with E-state index in [9.17, 15) is 18.5 Å². The van der Waals surface area contributed by atoms with Crippen LogP contribution in [-0.4, -0.2) is 32.5 Å². The van der Waals surface area contributed by atoms with Crippen LogP contribution in [0.3, 0.4) is 0 Å². The molecule has 1 saturated heterocycles. The zero-order chi connectivity index (χ0) is 16.5. The lowest BCUT2D eigenvalue weighted by atomic mass is 9.96. The molecule has 0 aliphatic carbocycles. The van der Waals surface area contributed by atoms with E-state index in [1.54, 1.807) is 0 Å². The van der Waals surface area contributed by atoms with Crippen LogP contribution in [0.2, 0.25) is 5.02 Å². The van der Waals surface area contributed by atoms with Gasteiger partial charge in [-0.25, -0.2) is 13.1 Å². The van der Waals surface area contributed by atoms with Crippen LogP contribution in [0.25, 0.3) is 0 Å². The number of nitrogens with zero attached hydrogens (tertiary/aromatic N) is 1. The molecule has 2 unspecified atom stereocenters. The van der Waals surface area contributed by atoms with Gasteiger partial charge in [-0.3, -0.25) is 10.1 Å². The minimum atomic E-state index is -3.87. The summed E-state index contributed by atoms with van der Waals surface area (Å²) in [6.45, 7) is 4.83. The van der Waals surface area contributed by atoms with Crippen molar-refractivity contribution < 1.29 is 13.3 Å². The molecule has 2 atom stereocenters. The molecule has 0 saturated carbocycles. The van der Waals surface area contributed by atoms with E-state index in [2.05, 4.69) is 10.0 Å². The molecule has 1 aliphatic rings. The van der Waals surface area contributed by atoms with Crippen LogP contribution in [0.15, 0.2) is 17.0 Å². The second-order valence-electron chi connectivity index (χ2n) is 5.50. The summed E-state index contributed by atoms with van der Waals surface area (Å²) in [4.78, 5) is 10.2. The number of nitro benzene ring substituents is 1. The van der Waals surface area contributed by atoms with E-state index in [0.29, 0.717) is 6.54 Å². The average molecular weight is 348 g/mol. The molecule has 122 valence electrons. The molecule has 0 radical (unpaired) electrons. The first-order valence-corrected chi connectivity index (χ1v) is 8.76. The Hall–Kier alpha value is -1.22. The smallest absolute Gasteiger partial charge is 0.275 e. The minimum Gasteiger partial charge on any atom is -0.315 e. The maximum absolute atomic E-state index is 12.5. The second kappa shape index (κ2) is 6.49. The minimum absolute atomic E-state index is 0.0596. The summed E-state index contributed by atoms with van der Waals surface area (Å²) in [5, 5.41) is 14.2. The van der Waals surface area contributed by atoms with Gasteiger partial charge in [-0.05, 0) is 31.9 Å². The molecular formula is C13H18ClN3O4S. The molecule has 0 spiro atoms. The summed E-state index contributed by atoms with van der Waals surface area (Å²) in [5.74, 6) is 0.187. The summed E-state index contributed by atoms with van der Waals surface area (Å²) in [5.41, 5.74) is -0.0546. The Morgan fingerprint density at radius 3 is 2.73 bits per heavy atom. The van der Waals surface area contributed by atoms with Crippen LogP contribution < -0.4 is 10.0 Å². The quantitative estimate of drug-likeness (QED) is 0.639. The standard InChI is InChI=1S/C13H18ClN3O4S/c1-8-3-4-15-7-12(8)16-22(20,21)10-5-11(14)9(2)13(6-10)17(18)19/h5-6,8,12,15-16H,3-4,7H2,1-2H3. The Kier molecular flexibility index (Phi) is 5.06. The number of sulfonamides is 1. The molecule has 1 aromatic carbocycles. The van der Waals surface area contributed by atoms with Crippen molar-refractivity contribution in [3.05, 3.63) is 32.8 Å². The van der Waals surface area contributed by atoms with Crippen LogP contribution in [0.4, 0.5) is 5.69 Å². The average Bonchev–Trinajstić information content (AvgIpc) is 2.43. The third-order valence-corrected chi connectivity index (χ3v) is 5.79. The number of halogens is 1. The van der Waals surface area contributed by atoms with Crippen LogP contribution in [0.5, 0.6) is 0 Å². The summed E-state index contributed by atoms with van der Waals surface area (Å²) in [6.07, 6.45) is 0.863. The molecule has 9 heteroatoms. The lowest BCUT2D eigenvalue weighted by molar-refractivity contribution is -0.385. The highest BCUT2D eigenvalue weighted by molar-refractivity contribution is 7.89. The lowest BCUT2D eigenvalue weighted by Crippen LogP contribution is -2.50. The third kappa shape index (κ3) is 3.57. The first-order valence-electron chi connectivity index (χ1n) is 6.90. The number of rotatable bonds is 4. The molecule has 1 heterocycles. The molecule has 7 nitrogen and oxygen atoms in total. The topological polar surface area (TPSA) is 101 Å². The van der Waals surface area contributed by atoms with Crippen molar-refractivity contribution in [2.45, 2.75) is 31.2 Å². The summed E-state index contributed by atoms with van der Waals surface area (Å²) in [7, 11) is -3.87. The van der Waals surface area contributed by atoms with Crippen LogP contribution in [-0.2, 0) is 10.0 Å². The highest BCUT2D eigenvalue weighted by Crippen LogP contribution is 2.29. The molecular weight excluding hydrogens is 330 g/mol. The van der Waals surface area contributed by atoms with Crippen molar-refractivity contribution in [1.82, 2.24) is 10.0 Å². The Labute approximate surface area is 134 Å². The number of hydrogen-bond donors (Lipinski definition) is 2. The molecule has 1 aliphatic heterocycles. The number of nitro groups is 1. The van der Waals surface area contributed by atoms with Gasteiger partial charge >= 0.3 is 0 Å². The van der Waals surface area contributed by atoms with Gasteiger partial charge in [0.25, 0.3) is 5.69 Å². The SMILES string of the molecule is Cc1c(Cl)cc(S(=O)(=O)NC2CNCCC2C)cc1[N+](=O)[O-]. The van der Waals surface area contributed by atoms with E-state index in [4.69, 9.17) is 11.6 Å². The van der Waals surface area contributed by atoms with E-state index in [1.165, 1.54) is 13.0 Å². The van der Waals surface area contributed by atoms with E-state index >= 15 is 0 Å². The first kappa shape index (κ1) is 17.1. The van der Waals surface area contributed by atoms with Gasteiger partial charge in [0.1, 0.15) is 0 Å². The van der Waals surface area contributed by atoms with Gasteiger partial charge in [-0.1, -0.05) is 18.5 Å². The maximum atomic E-state index is 12.5. The predicted octanol–water partition coefficient (Wildman–Crippen LogP) is 1.83. The van der Waals surface area contributed by atoms with Gasteiger partial charge in [-0.2, -0.15) is 0 Å². The second-order valence-corrected chi connectivity index (χ2v) is 7.63. The first-order chi connectivity index (χ1) is 10.2. The summed E-state index contributed by atoms with van der Waals surface area (Å²) < 4.78 is 27.5. The number of hydrogen-bond acceptors (Lipinski definition) is 5. The third-order valence-electron chi connectivity index (χ3n) is 3.93. The fourth-order valence-corrected chi connectivity index (χ4v) is 4.07. The predicted molar refractivity (Wildman–Crippen MR) is 83.6 cm³/mol. The van der Waals surface area contributed by atoms with Crippen molar-refractivity contribution in [3.8, 4) is 0 Å². The highest BCUT2D eigenvalue weighted by Gasteiger charge is 2.28. The normalized spacial score (nSPS) is 22.5. The highest BCUT2D eigenvalue weighted by atomic mass is 35.5. The molecule has 0 bridgehead atoms. The van der Waals surface area contributed by atoms with Crippen molar-refractivity contribution in [1.29, 1.82) is 0 Å². The van der Waals surface area contributed by atoms with E-state index in [0.717, 1.165) is 19.0 Å². The molecule has 1 fully saturated rings. The molecule has 0 aromatic heterocycles. The largest absolute Gasteiger partial charge is 0.315 e. The van der Waals surface area contributed by atoms with Crippen molar-refractivity contribution >= 4 is 27.3 Å². The Bertz CT molecular complexity index is 693. The zero-order valence-corrected chi connectivity index (χ0v) is 13.9. The number of nitrogens with one attached hydrogen (secondary N) is 2. The van der Waals surface area contributed by atoms with E-state index in [-0.39, 0.29) is 33.1 Å². The lowest BCUT2D eigenvalue weighted by Gasteiger charge is -2.30.